The van der Waals surface area contributed by atoms with Gasteiger partial charge in [-0.2, -0.15) is 0 Å². The van der Waals surface area contributed by atoms with Gasteiger partial charge in [0.25, 0.3) is 0 Å². The standard InChI is InChI=1S/C17H22N6O5/c1-7(24)20-12-13-19-6-11(28)5-18(12)14-15(19)23(10(4)27)17(22(14)9(3)26)16(20)21(13)8(2)25/h12-17H,5-6H2,1-4H3. The number of amides is 4. The van der Waals surface area contributed by atoms with Crippen LogP contribution in [0, 0.1) is 0 Å². The van der Waals surface area contributed by atoms with Crippen molar-refractivity contribution in [3.05, 3.63) is 0 Å². The quantitative estimate of drug-likeness (QED) is 0.453. The molecule has 7 heterocycles. The molecular weight excluding hydrogens is 368 g/mol. The van der Waals surface area contributed by atoms with E-state index in [1.54, 1.807) is 19.6 Å². The fourth-order valence-electron chi connectivity index (χ4n) is 6.00. The summed E-state index contributed by atoms with van der Waals surface area (Å²) >= 11 is 0. The zero-order valence-electron chi connectivity index (χ0n) is 16.1. The zero-order chi connectivity index (χ0) is 20.2. The number of piperazine rings is 1. The van der Waals surface area contributed by atoms with E-state index in [2.05, 4.69) is 0 Å². The molecule has 7 aliphatic rings. The lowest BCUT2D eigenvalue weighted by atomic mass is 10.1. The first-order chi connectivity index (χ1) is 13.2. The Bertz CT molecular complexity index is 724. The molecule has 0 aliphatic carbocycles. The second-order valence-electron chi connectivity index (χ2n) is 8.07. The Hall–Kier alpha value is -2.53. The number of carbonyl (C=O) groups excluding carboxylic acids is 5. The normalized spacial score (nSPS) is 42.4. The van der Waals surface area contributed by atoms with Gasteiger partial charge in [-0.1, -0.05) is 0 Å². The molecule has 7 rings (SSSR count). The van der Waals surface area contributed by atoms with Gasteiger partial charge in [0, 0.05) is 27.7 Å². The Labute approximate surface area is 161 Å². The highest BCUT2D eigenvalue weighted by Gasteiger charge is 2.75. The maximum atomic E-state index is 12.7. The van der Waals surface area contributed by atoms with Crippen molar-refractivity contribution in [3.8, 4) is 0 Å². The van der Waals surface area contributed by atoms with Crippen LogP contribution in [-0.2, 0) is 24.0 Å². The van der Waals surface area contributed by atoms with Crippen LogP contribution in [0.2, 0.25) is 0 Å². The highest BCUT2D eigenvalue weighted by atomic mass is 16.2. The van der Waals surface area contributed by atoms with Gasteiger partial charge in [-0.05, 0) is 0 Å². The highest BCUT2D eigenvalue weighted by molar-refractivity contribution is 5.87. The Balaban J connectivity index is 1.84. The van der Waals surface area contributed by atoms with E-state index in [1.165, 1.54) is 27.7 Å². The number of hydrogen-bond donors (Lipinski definition) is 0. The first-order valence-electron chi connectivity index (χ1n) is 9.35. The van der Waals surface area contributed by atoms with Gasteiger partial charge in [0.15, 0.2) is 5.78 Å². The average molecular weight is 390 g/mol. The number of Topliss-reactive ketones (excluding diaryl/α,β-unsaturated/α-hetero) is 1. The van der Waals surface area contributed by atoms with Crippen molar-refractivity contribution in [2.45, 2.75) is 64.7 Å². The summed E-state index contributed by atoms with van der Waals surface area (Å²) in [6, 6.07) is 0. The Kier molecular flexibility index (Phi) is 3.32. The molecule has 0 aromatic rings. The molecule has 0 aromatic heterocycles. The van der Waals surface area contributed by atoms with E-state index in [1.807, 2.05) is 9.80 Å². The first kappa shape index (κ1) is 17.6. The van der Waals surface area contributed by atoms with E-state index < -0.39 is 37.0 Å². The summed E-state index contributed by atoms with van der Waals surface area (Å²) < 4.78 is 0. The van der Waals surface area contributed by atoms with Gasteiger partial charge >= 0.3 is 0 Å². The predicted molar refractivity (Wildman–Crippen MR) is 91.2 cm³/mol. The Morgan fingerprint density at radius 1 is 0.571 bits per heavy atom. The van der Waals surface area contributed by atoms with Gasteiger partial charge < -0.3 is 0 Å². The number of fused-ring (bicyclic) bond motifs is 2. The topological polar surface area (TPSA) is 105 Å². The minimum atomic E-state index is -0.784. The second-order valence-corrected chi connectivity index (χ2v) is 8.07. The van der Waals surface area contributed by atoms with Crippen molar-refractivity contribution in [1.29, 1.82) is 0 Å². The molecule has 0 N–H and O–H groups in total. The van der Waals surface area contributed by atoms with Gasteiger partial charge in [0.2, 0.25) is 23.6 Å². The lowest BCUT2D eigenvalue weighted by Gasteiger charge is -2.51. The van der Waals surface area contributed by atoms with Gasteiger partial charge in [-0.25, -0.2) is 9.80 Å². The monoisotopic (exact) mass is 390 g/mol. The van der Waals surface area contributed by atoms with Crippen LogP contribution >= 0.6 is 0 Å². The number of carbonyl (C=O) groups is 5. The van der Waals surface area contributed by atoms with Crippen molar-refractivity contribution in [2.24, 2.45) is 0 Å². The van der Waals surface area contributed by atoms with Crippen molar-refractivity contribution >= 4 is 29.4 Å². The summed E-state index contributed by atoms with van der Waals surface area (Å²) in [4.78, 5) is 73.4. The van der Waals surface area contributed by atoms with Crippen LogP contribution in [0.15, 0.2) is 0 Å². The van der Waals surface area contributed by atoms with E-state index in [4.69, 9.17) is 0 Å². The van der Waals surface area contributed by atoms with Crippen LogP contribution in [0.1, 0.15) is 27.7 Å². The van der Waals surface area contributed by atoms with Crippen molar-refractivity contribution in [3.63, 3.8) is 0 Å². The molecule has 7 aliphatic heterocycles. The van der Waals surface area contributed by atoms with E-state index >= 15 is 0 Å². The molecule has 0 saturated carbocycles. The summed E-state index contributed by atoms with van der Waals surface area (Å²) in [5.41, 5.74) is 0. The van der Waals surface area contributed by atoms with Gasteiger partial charge in [0.05, 0.1) is 13.1 Å². The van der Waals surface area contributed by atoms with Crippen molar-refractivity contribution < 1.29 is 24.0 Å². The Morgan fingerprint density at radius 3 is 1.04 bits per heavy atom. The second kappa shape index (κ2) is 5.29. The average Bonchev–Trinajstić information content (AvgIpc) is 2.95. The smallest absolute Gasteiger partial charge is 0.222 e. The molecule has 4 atom stereocenters. The summed E-state index contributed by atoms with van der Waals surface area (Å²) in [6.45, 7) is 5.77. The van der Waals surface area contributed by atoms with Crippen molar-refractivity contribution in [2.75, 3.05) is 13.1 Å². The molecule has 28 heavy (non-hydrogen) atoms. The van der Waals surface area contributed by atoms with E-state index in [0.717, 1.165) is 0 Å². The molecule has 0 aromatic carbocycles. The molecular formula is C17H22N6O5. The van der Waals surface area contributed by atoms with Crippen LogP contribution in [0.4, 0.5) is 0 Å². The molecule has 4 amide bonds. The predicted octanol–water partition coefficient (Wildman–Crippen LogP) is -2.42. The summed E-state index contributed by atoms with van der Waals surface area (Å²) in [5, 5.41) is 0. The molecule has 0 radical (unpaired) electrons. The third-order valence-electron chi connectivity index (χ3n) is 6.61. The number of ketones is 1. The lowest BCUT2D eigenvalue weighted by Crippen LogP contribution is -2.73. The SMILES string of the molecule is CC(=O)N1C2C3N4CC(=O)CN2C2C4N(C(C)=O)C(C1N3C(C)=O)N2C(C)=O. The molecule has 7 saturated heterocycles. The van der Waals surface area contributed by atoms with Crippen LogP contribution in [0.5, 0.6) is 0 Å². The third kappa shape index (κ3) is 1.79. The Morgan fingerprint density at radius 2 is 0.821 bits per heavy atom. The van der Waals surface area contributed by atoms with Gasteiger partial charge in [-0.15, -0.1) is 0 Å². The van der Waals surface area contributed by atoms with Crippen LogP contribution in [0.25, 0.3) is 0 Å². The van der Waals surface area contributed by atoms with Gasteiger partial charge in [-0.3, -0.25) is 43.6 Å². The molecule has 0 spiro atoms. The van der Waals surface area contributed by atoms with Crippen LogP contribution in [-0.4, -0.2) is 109 Å². The van der Waals surface area contributed by atoms with Crippen LogP contribution < -0.4 is 0 Å². The molecule has 11 nitrogen and oxygen atoms in total. The molecule has 7 fully saturated rings. The summed E-state index contributed by atoms with van der Waals surface area (Å²) in [7, 11) is 0. The number of rotatable bonds is 0. The molecule has 4 unspecified atom stereocenters. The fraction of sp³-hybridized carbons (Fsp3) is 0.706. The first-order valence-corrected chi connectivity index (χ1v) is 9.35. The third-order valence-corrected chi connectivity index (χ3v) is 6.61. The minimum absolute atomic E-state index is 0.0589. The van der Waals surface area contributed by atoms with E-state index in [9.17, 15) is 24.0 Å². The number of hydrogen-bond acceptors (Lipinski definition) is 7. The molecule has 8 bridgehead atoms. The van der Waals surface area contributed by atoms with Gasteiger partial charge in [0.1, 0.15) is 37.0 Å². The maximum Gasteiger partial charge on any atom is 0.222 e. The number of nitrogens with zero attached hydrogens (tertiary/aromatic N) is 6. The minimum Gasteiger partial charge on any atom is -0.299 e. The van der Waals surface area contributed by atoms with Crippen molar-refractivity contribution in [1.82, 2.24) is 29.4 Å². The largest absolute Gasteiger partial charge is 0.299 e. The van der Waals surface area contributed by atoms with E-state index in [0.29, 0.717) is 0 Å². The lowest BCUT2D eigenvalue weighted by molar-refractivity contribution is -0.165. The maximum absolute atomic E-state index is 12.7. The molecule has 11 heteroatoms. The molecule has 150 valence electrons. The summed E-state index contributed by atoms with van der Waals surface area (Å²) in [5.74, 6) is -1.12. The fourth-order valence-corrected chi connectivity index (χ4v) is 6.00. The summed E-state index contributed by atoms with van der Waals surface area (Å²) in [6.07, 6.45) is -3.68. The van der Waals surface area contributed by atoms with Crippen LogP contribution in [0.3, 0.4) is 0 Å². The van der Waals surface area contributed by atoms with E-state index in [-0.39, 0.29) is 42.5 Å². The zero-order valence-corrected chi connectivity index (χ0v) is 16.1. The highest BCUT2D eigenvalue weighted by Crippen LogP contribution is 2.52.